The van der Waals surface area contributed by atoms with E-state index >= 15 is 0 Å². The number of morpholine rings is 1. The number of hydrogen-bond acceptors (Lipinski definition) is 3. The summed E-state index contributed by atoms with van der Waals surface area (Å²) in [4.78, 5) is 13.2. The van der Waals surface area contributed by atoms with Crippen molar-refractivity contribution in [3.63, 3.8) is 0 Å². The molecule has 5 heteroatoms. The van der Waals surface area contributed by atoms with Crippen LogP contribution in [0.15, 0.2) is 27.4 Å². The number of ether oxygens (including phenoxy) is 1. The molecule has 118 valence electrons. The Morgan fingerprint density at radius 3 is 2.59 bits per heavy atom. The summed E-state index contributed by atoms with van der Waals surface area (Å²) < 4.78 is 11.1. The van der Waals surface area contributed by atoms with E-state index in [2.05, 4.69) is 13.8 Å². The fraction of sp³-hybridized carbons (Fsp3) is 0.471. The largest absolute Gasteiger partial charge is 0.423 e. The summed E-state index contributed by atoms with van der Waals surface area (Å²) in [5.74, 6) is 0. The van der Waals surface area contributed by atoms with Crippen LogP contribution < -0.4 is 10.5 Å². The maximum absolute atomic E-state index is 11.8. The minimum Gasteiger partial charge on any atom is -0.423 e. The predicted octanol–water partition coefficient (Wildman–Crippen LogP) is 1.95. The molecule has 0 amide bonds. The van der Waals surface area contributed by atoms with Gasteiger partial charge in [0.1, 0.15) is 37.4 Å². The Balaban J connectivity index is 1.99. The molecule has 2 atom stereocenters. The van der Waals surface area contributed by atoms with Crippen molar-refractivity contribution in [2.24, 2.45) is 0 Å². The van der Waals surface area contributed by atoms with Crippen LogP contribution in [0.25, 0.3) is 11.0 Å². The molecule has 1 saturated heterocycles. The zero-order valence-corrected chi connectivity index (χ0v) is 13.9. The van der Waals surface area contributed by atoms with E-state index in [1.165, 1.54) is 4.90 Å². The first-order chi connectivity index (χ1) is 10.4. The second kappa shape index (κ2) is 6.03. The normalized spacial score (nSPS) is 25.5. The lowest BCUT2D eigenvalue weighted by Crippen LogP contribution is -3.14. The van der Waals surface area contributed by atoms with Crippen LogP contribution in [0.5, 0.6) is 0 Å². The molecule has 0 spiro atoms. The minimum atomic E-state index is -0.307. The zero-order valence-electron chi connectivity index (χ0n) is 13.1. The number of rotatable bonds is 2. The first-order valence-corrected chi connectivity index (χ1v) is 8.02. The van der Waals surface area contributed by atoms with Crippen LogP contribution in [0.4, 0.5) is 0 Å². The molecular formula is C17H21ClNO3+. The Hall–Kier alpha value is -1.36. The molecule has 2 heterocycles. The molecule has 1 aromatic carbocycles. The average molecular weight is 323 g/mol. The highest BCUT2D eigenvalue weighted by molar-refractivity contribution is 6.32. The van der Waals surface area contributed by atoms with Crippen LogP contribution in [-0.2, 0) is 11.3 Å². The Bertz CT molecular complexity index is 745. The van der Waals surface area contributed by atoms with Crippen molar-refractivity contribution < 1.29 is 14.1 Å². The van der Waals surface area contributed by atoms with E-state index in [9.17, 15) is 4.79 Å². The number of aryl methyl sites for hydroxylation is 1. The van der Waals surface area contributed by atoms with Gasteiger partial charge in [0.2, 0.25) is 0 Å². The summed E-state index contributed by atoms with van der Waals surface area (Å²) in [6.07, 6.45) is 0.465. The summed E-state index contributed by atoms with van der Waals surface area (Å²) >= 11 is 6.24. The summed E-state index contributed by atoms with van der Waals surface area (Å²) in [5.41, 5.74) is 2.20. The molecule has 2 aromatic rings. The van der Waals surface area contributed by atoms with Gasteiger partial charge in [0.25, 0.3) is 0 Å². The van der Waals surface area contributed by atoms with Crippen LogP contribution >= 0.6 is 11.6 Å². The summed E-state index contributed by atoms with van der Waals surface area (Å²) in [7, 11) is 0. The van der Waals surface area contributed by atoms with Crippen molar-refractivity contribution in [3.8, 4) is 0 Å². The van der Waals surface area contributed by atoms with Crippen molar-refractivity contribution in [2.45, 2.75) is 39.5 Å². The molecule has 0 saturated carbocycles. The Kier molecular flexibility index (Phi) is 4.26. The van der Waals surface area contributed by atoms with Crippen LogP contribution in [0.3, 0.4) is 0 Å². The van der Waals surface area contributed by atoms with Gasteiger partial charge in [-0.15, -0.1) is 0 Å². The van der Waals surface area contributed by atoms with Gasteiger partial charge in [-0.25, -0.2) is 4.79 Å². The summed E-state index contributed by atoms with van der Waals surface area (Å²) in [6, 6.07) is 5.32. The molecule has 1 N–H and O–H groups in total. The molecule has 1 fully saturated rings. The molecule has 0 unspecified atom stereocenters. The minimum absolute atomic E-state index is 0.232. The Labute approximate surface area is 134 Å². The Morgan fingerprint density at radius 1 is 1.23 bits per heavy atom. The fourth-order valence-electron chi connectivity index (χ4n) is 3.30. The van der Waals surface area contributed by atoms with Crippen molar-refractivity contribution in [2.75, 3.05) is 13.1 Å². The maximum Gasteiger partial charge on any atom is 0.336 e. The maximum atomic E-state index is 11.8. The standard InChI is InChI=1S/C17H20ClNO3/c1-10-4-16-14(6-15(10)18)13(5-17(20)22-16)9-19-7-11(2)21-12(3)8-19/h4-6,11-12H,7-9H2,1-3H3/p+1/t11-,12-/m1/s1. The molecule has 0 bridgehead atoms. The van der Waals surface area contributed by atoms with Gasteiger partial charge < -0.3 is 14.1 Å². The van der Waals surface area contributed by atoms with E-state index in [0.29, 0.717) is 10.6 Å². The smallest absolute Gasteiger partial charge is 0.336 e. The first-order valence-electron chi connectivity index (χ1n) is 7.64. The fourth-order valence-corrected chi connectivity index (χ4v) is 3.46. The first kappa shape index (κ1) is 15.5. The lowest BCUT2D eigenvalue weighted by Gasteiger charge is -2.32. The lowest BCUT2D eigenvalue weighted by atomic mass is 10.1. The number of nitrogens with one attached hydrogen (secondary N) is 1. The van der Waals surface area contributed by atoms with E-state index in [1.54, 1.807) is 6.07 Å². The zero-order chi connectivity index (χ0) is 15.9. The third kappa shape index (κ3) is 3.19. The number of fused-ring (bicyclic) bond motifs is 1. The topological polar surface area (TPSA) is 43.9 Å². The number of benzene rings is 1. The molecule has 1 aromatic heterocycles. The van der Waals surface area contributed by atoms with Crippen LogP contribution in [0.2, 0.25) is 5.02 Å². The molecule has 4 nitrogen and oxygen atoms in total. The van der Waals surface area contributed by atoms with E-state index in [4.69, 9.17) is 20.8 Å². The van der Waals surface area contributed by atoms with Gasteiger partial charge in [0, 0.05) is 22.0 Å². The van der Waals surface area contributed by atoms with Crippen LogP contribution in [0.1, 0.15) is 25.0 Å². The van der Waals surface area contributed by atoms with Crippen molar-refractivity contribution in [1.82, 2.24) is 0 Å². The monoisotopic (exact) mass is 322 g/mol. The van der Waals surface area contributed by atoms with Crippen molar-refractivity contribution >= 4 is 22.6 Å². The number of quaternary nitrogens is 1. The number of halogens is 1. The second-order valence-corrected chi connectivity index (χ2v) is 6.69. The molecule has 0 radical (unpaired) electrons. The van der Waals surface area contributed by atoms with Crippen LogP contribution in [-0.4, -0.2) is 25.3 Å². The second-order valence-electron chi connectivity index (χ2n) is 6.28. The van der Waals surface area contributed by atoms with E-state index in [0.717, 1.165) is 36.1 Å². The van der Waals surface area contributed by atoms with Gasteiger partial charge in [-0.05, 0) is 38.5 Å². The van der Waals surface area contributed by atoms with E-state index in [1.807, 2.05) is 19.1 Å². The molecule has 1 aliphatic heterocycles. The average Bonchev–Trinajstić information content (AvgIpc) is 2.39. The van der Waals surface area contributed by atoms with Crippen molar-refractivity contribution in [1.29, 1.82) is 0 Å². The highest BCUT2D eigenvalue weighted by atomic mass is 35.5. The van der Waals surface area contributed by atoms with Gasteiger partial charge in [0.15, 0.2) is 0 Å². The molecule has 22 heavy (non-hydrogen) atoms. The SMILES string of the molecule is Cc1cc2oc(=O)cc(C[NH+]3C[C@@H](C)O[C@H](C)C3)c2cc1Cl. The summed E-state index contributed by atoms with van der Waals surface area (Å²) in [6.45, 7) is 8.74. The van der Waals surface area contributed by atoms with Gasteiger partial charge in [-0.2, -0.15) is 0 Å². The van der Waals surface area contributed by atoms with E-state index < -0.39 is 0 Å². The predicted molar refractivity (Wildman–Crippen MR) is 86.6 cm³/mol. The van der Waals surface area contributed by atoms with Gasteiger partial charge >= 0.3 is 5.63 Å². The Morgan fingerprint density at radius 2 is 1.91 bits per heavy atom. The molecule has 3 rings (SSSR count). The third-order valence-corrected chi connectivity index (χ3v) is 4.57. The van der Waals surface area contributed by atoms with Gasteiger partial charge in [-0.3, -0.25) is 0 Å². The quantitative estimate of drug-likeness (QED) is 0.860. The highest BCUT2D eigenvalue weighted by Gasteiger charge is 2.26. The van der Waals surface area contributed by atoms with Crippen LogP contribution in [0, 0.1) is 6.92 Å². The molecular weight excluding hydrogens is 302 g/mol. The van der Waals surface area contributed by atoms with Gasteiger partial charge in [0.05, 0.1) is 0 Å². The third-order valence-electron chi connectivity index (χ3n) is 4.17. The lowest BCUT2D eigenvalue weighted by molar-refractivity contribution is -0.928. The molecule has 0 aliphatic carbocycles. The highest BCUT2D eigenvalue weighted by Crippen LogP contribution is 2.24. The molecule has 1 aliphatic rings. The van der Waals surface area contributed by atoms with E-state index in [-0.39, 0.29) is 17.8 Å². The summed E-state index contributed by atoms with van der Waals surface area (Å²) in [5, 5.41) is 1.62. The number of hydrogen-bond donors (Lipinski definition) is 1. The van der Waals surface area contributed by atoms with Crippen molar-refractivity contribution in [3.05, 3.63) is 44.8 Å². The van der Waals surface area contributed by atoms with Gasteiger partial charge in [-0.1, -0.05) is 11.6 Å².